The van der Waals surface area contributed by atoms with Crippen LogP contribution in [0.2, 0.25) is 0 Å². The minimum absolute atomic E-state index is 0.0660. The standard InChI is InChI=1S/C12H11BrN2OS/c1-2-8-4-6-17-11(8)12(16)15-10-3-5-14-7-9(10)13/h3-7H,2H2,1H3,(H,14,15,16). The Kier molecular flexibility index (Phi) is 3.91. The number of pyridine rings is 1. The summed E-state index contributed by atoms with van der Waals surface area (Å²) in [6.45, 7) is 2.04. The van der Waals surface area contributed by atoms with Crippen LogP contribution in [0.5, 0.6) is 0 Å². The fourth-order valence-electron chi connectivity index (χ4n) is 1.47. The second-order valence-corrected chi connectivity index (χ2v) is 5.21. The zero-order valence-corrected chi connectivity index (χ0v) is 11.6. The lowest BCUT2D eigenvalue weighted by atomic mass is 10.2. The molecule has 0 fully saturated rings. The van der Waals surface area contributed by atoms with E-state index in [9.17, 15) is 4.79 Å². The SMILES string of the molecule is CCc1ccsc1C(=O)Nc1ccncc1Br. The number of hydrogen-bond donors (Lipinski definition) is 1. The van der Waals surface area contributed by atoms with Gasteiger partial charge in [0.15, 0.2) is 0 Å². The molecule has 2 aromatic heterocycles. The molecule has 0 aliphatic heterocycles. The molecule has 0 aromatic carbocycles. The minimum Gasteiger partial charge on any atom is -0.320 e. The maximum absolute atomic E-state index is 12.1. The van der Waals surface area contributed by atoms with Crippen LogP contribution in [0.4, 0.5) is 5.69 Å². The summed E-state index contributed by atoms with van der Waals surface area (Å²) in [6, 6.07) is 3.75. The summed E-state index contributed by atoms with van der Waals surface area (Å²) < 4.78 is 0.781. The summed E-state index contributed by atoms with van der Waals surface area (Å²) in [5, 5.41) is 4.81. The topological polar surface area (TPSA) is 42.0 Å². The van der Waals surface area contributed by atoms with E-state index < -0.39 is 0 Å². The second kappa shape index (κ2) is 5.42. The lowest BCUT2D eigenvalue weighted by Gasteiger charge is -2.06. The van der Waals surface area contributed by atoms with Crippen molar-refractivity contribution in [2.24, 2.45) is 0 Å². The van der Waals surface area contributed by atoms with Crippen LogP contribution in [-0.4, -0.2) is 10.9 Å². The first-order chi connectivity index (χ1) is 8.22. The van der Waals surface area contributed by atoms with Crippen molar-refractivity contribution in [3.8, 4) is 0 Å². The number of nitrogens with one attached hydrogen (secondary N) is 1. The average Bonchev–Trinajstić information content (AvgIpc) is 2.80. The summed E-state index contributed by atoms with van der Waals surface area (Å²) in [6.07, 6.45) is 4.17. The van der Waals surface area contributed by atoms with E-state index in [2.05, 4.69) is 26.2 Å². The summed E-state index contributed by atoms with van der Waals surface area (Å²) >= 11 is 4.81. The largest absolute Gasteiger partial charge is 0.320 e. The Bertz CT molecular complexity index is 539. The van der Waals surface area contributed by atoms with E-state index in [1.807, 2.05) is 18.4 Å². The number of thiophene rings is 1. The van der Waals surface area contributed by atoms with Crippen LogP contribution in [0.25, 0.3) is 0 Å². The molecule has 0 aliphatic carbocycles. The van der Waals surface area contributed by atoms with Crippen molar-refractivity contribution in [3.63, 3.8) is 0 Å². The zero-order valence-electron chi connectivity index (χ0n) is 9.24. The summed E-state index contributed by atoms with van der Waals surface area (Å²) in [4.78, 5) is 16.8. The maximum Gasteiger partial charge on any atom is 0.266 e. The van der Waals surface area contributed by atoms with Crippen LogP contribution in [0.3, 0.4) is 0 Å². The average molecular weight is 311 g/mol. The Morgan fingerprint density at radius 1 is 1.53 bits per heavy atom. The van der Waals surface area contributed by atoms with Gasteiger partial charge < -0.3 is 5.32 Å². The molecule has 1 N–H and O–H groups in total. The first-order valence-corrected chi connectivity index (χ1v) is 6.87. The molecular weight excluding hydrogens is 300 g/mol. The first kappa shape index (κ1) is 12.3. The Balaban J connectivity index is 2.20. The van der Waals surface area contributed by atoms with Gasteiger partial charge in [-0.2, -0.15) is 0 Å². The maximum atomic E-state index is 12.1. The highest BCUT2D eigenvalue weighted by molar-refractivity contribution is 9.10. The molecular formula is C12H11BrN2OS. The Morgan fingerprint density at radius 2 is 2.35 bits per heavy atom. The number of carbonyl (C=O) groups excluding carboxylic acids is 1. The third kappa shape index (κ3) is 2.73. The second-order valence-electron chi connectivity index (χ2n) is 3.44. The summed E-state index contributed by atoms with van der Waals surface area (Å²) in [7, 11) is 0. The molecule has 0 radical (unpaired) electrons. The number of aryl methyl sites for hydroxylation is 1. The molecule has 0 unspecified atom stereocenters. The third-order valence-corrected chi connectivity index (χ3v) is 3.94. The molecule has 1 amide bonds. The van der Waals surface area contributed by atoms with Gasteiger partial charge in [0, 0.05) is 12.4 Å². The van der Waals surface area contributed by atoms with Crippen molar-refractivity contribution in [1.29, 1.82) is 0 Å². The molecule has 17 heavy (non-hydrogen) atoms. The molecule has 3 nitrogen and oxygen atoms in total. The Morgan fingerprint density at radius 3 is 3.06 bits per heavy atom. The summed E-state index contributed by atoms with van der Waals surface area (Å²) in [5.41, 5.74) is 1.82. The van der Waals surface area contributed by atoms with E-state index in [0.29, 0.717) is 0 Å². The van der Waals surface area contributed by atoms with Crippen LogP contribution in [0.15, 0.2) is 34.4 Å². The Labute approximate surface area is 112 Å². The van der Waals surface area contributed by atoms with Crippen molar-refractivity contribution in [2.75, 3.05) is 5.32 Å². The van der Waals surface area contributed by atoms with Gasteiger partial charge in [0.1, 0.15) is 0 Å². The molecule has 0 spiro atoms. The number of hydrogen-bond acceptors (Lipinski definition) is 3. The van der Waals surface area contributed by atoms with Crippen LogP contribution in [-0.2, 0) is 6.42 Å². The van der Waals surface area contributed by atoms with E-state index in [1.165, 1.54) is 11.3 Å². The number of rotatable bonds is 3. The minimum atomic E-state index is -0.0660. The van der Waals surface area contributed by atoms with E-state index in [0.717, 1.165) is 27.0 Å². The molecule has 0 saturated carbocycles. The summed E-state index contributed by atoms with van der Waals surface area (Å²) in [5.74, 6) is -0.0660. The first-order valence-electron chi connectivity index (χ1n) is 5.19. The molecule has 0 bridgehead atoms. The van der Waals surface area contributed by atoms with E-state index in [4.69, 9.17) is 0 Å². The van der Waals surface area contributed by atoms with Gasteiger partial charge in [0.05, 0.1) is 15.0 Å². The number of nitrogens with zero attached hydrogens (tertiary/aromatic N) is 1. The van der Waals surface area contributed by atoms with Crippen LogP contribution in [0, 0.1) is 0 Å². The number of halogens is 1. The van der Waals surface area contributed by atoms with Crippen molar-refractivity contribution in [3.05, 3.63) is 44.8 Å². The van der Waals surface area contributed by atoms with Crippen molar-refractivity contribution in [2.45, 2.75) is 13.3 Å². The van der Waals surface area contributed by atoms with Gasteiger partial charge in [-0.1, -0.05) is 6.92 Å². The quantitative estimate of drug-likeness (QED) is 0.938. The number of aromatic nitrogens is 1. The predicted molar refractivity (Wildman–Crippen MR) is 73.6 cm³/mol. The number of anilines is 1. The normalized spacial score (nSPS) is 10.2. The van der Waals surface area contributed by atoms with Gasteiger partial charge in [-0.3, -0.25) is 9.78 Å². The van der Waals surface area contributed by atoms with Crippen molar-refractivity contribution in [1.82, 2.24) is 4.98 Å². The Hall–Kier alpha value is -1.20. The van der Waals surface area contributed by atoms with Gasteiger partial charge >= 0.3 is 0 Å². The van der Waals surface area contributed by atoms with E-state index in [1.54, 1.807) is 18.5 Å². The number of carbonyl (C=O) groups is 1. The van der Waals surface area contributed by atoms with Crippen molar-refractivity contribution < 1.29 is 4.79 Å². The molecule has 2 heterocycles. The van der Waals surface area contributed by atoms with Gasteiger partial charge in [-0.25, -0.2) is 0 Å². The van der Waals surface area contributed by atoms with Crippen LogP contribution >= 0.6 is 27.3 Å². The molecule has 2 rings (SSSR count). The molecule has 88 valence electrons. The number of amides is 1. The molecule has 0 saturated heterocycles. The third-order valence-electron chi connectivity index (χ3n) is 2.35. The van der Waals surface area contributed by atoms with Crippen LogP contribution < -0.4 is 5.32 Å². The lowest BCUT2D eigenvalue weighted by molar-refractivity contribution is 0.102. The molecule has 2 aromatic rings. The smallest absolute Gasteiger partial charge is 0.266 e. The molecule has 5 heteroatoms. The van der Waals surface area contributed by atoms with Gasteiger partial charge in [-0.15, -0.1) is 11.3 Å². The van der Waals surface area contributed by atoms with Gasteiger partial charge in [0.2, 0.25) is 0 Å². The lowest BCUT2D eigenvalue weighted by Crippen LogP contribution is -2.12. The van der Waals surface area contributed by atoms with Crippen LogP contribution in [0.1, 0.15) is 22.2 Å². The fourth-order valence-corrected chi connectivity index (χ4v) is 2.71. The highest BCUT2D eigenvalue weighted by Crippen LogP contribution is 2.23. The zero-order chi connectivity index (χ0) is 12.3. The monoisotopic (exact) mass is 310 g/mol. The van der Waals surface area contributed by atoms with Crippen molar-refractivity contribution >= 4 is 38.9 Å². The van der Waals surface area contributed by atoms with E-state index >= 15 is 0 Å². The highest BCUT2D eigenvalue weighted by atomic mass is 79.9. The van der Waals surface area contributed by atoms with Gasteiger partial charge in [0.25, 0.3) is 5.91 Å². The van der Waals surface area contributed by atoms with E-state index in [-0.39, 0.29) is 5.91 Å². The predicted octanol–water partition coefficient (Wildman–Crippen LogP) is 3.72. The molecule has 0 aliphatic rings. The molecule has 0 atom stereocenters. The van der Waals surface area contributed by atoms with Gasteiger partial charge in [-0.05, 0) is 45.4 Å². The highest BCUT2D eigenvalue weighted by Gasteiger charge is 2.13. The fraction of sp³-hybridized carbons (Fsp3) is 0.167.